The number of fused-ring (bicyclic) bond motifs is 1. The molecule has 0 saturated heterocycles. The van der Waals surface area contributed by atoms with Crippen LogP contribution in [0, 0.1) is 6.92 Å². The van der Waals surface area contributed by atoms with Crippen molar-refractivity contribution in [2.75, 3.05) is 4.72 Å². The van der Waals surface area contributed by atoms with E-state index in [-0.39, 0.29) is 4.90 Å². The second-order valence-corrected chi connectivity index (χ2v) is 8.74. The van der Waals surface area contributed by atoms with Crippen molar-refractivity contribution < 1.29 is 12.8 Å². The van der Waals surface area contributed by atoms with Crippen LogP contribution in [-0.4, -0.2) is 22.8 Å². The summed E-state index contributed by atoms with van der Waals surface area (Å²) in [6, 6.07) is 19.5. The maximum absolute atomic E-state index is 12.9. The van der Waals surface area contributed by atoms with Crippen LogP contribution in [0.25, 0.3) is 28.2 Å². The number of aryl methyl sites for hydroxylation is 1. The maximum atomic E-state index is 12.9. The van der Waals surface area contributed by atoms with E-state index in [1.165, 1.54) is 0 Å². The Morgan fingerprint density at radius 1 is 0.903 bits per heavy atom. The number of aromatic nitrogens is 3. The molecule has 0 spiro atoms. The fourth-order valence-corrected chi connectivity index (χ4v) is 4.38. The standard InChI is InChI=1S/C23H18N4O3S/c1-16-24-22(15-30-16)17-8-10-20(11-9-17)31(28,29)26-19-6-4-5-18(13-19)21-14-27-12-3-2-7-23(27)25-21/h2-15,26H,1H3. The second kappa shape index (κ2) is 7.41. The largest absolute Gasteiger partial charge is 0.449 e. The molecule has 3 heterocycles. The van der Waals surface area contributed by atoms with Crippen molar-refractivity contribution in [2.45, 2.75) is 11.8 Å². The number of hydrogen-bond donors (Lipinski definition) is 1. The number of rotatable bonds is 5. The van der Waals surface area contributed by atoms with Gasteiger partial charge in [-0.1, -0.05) is 30.3 Å². The Kier molecular flexibility index (Phi) is 4.56. The van der Waals surface area contributed by atoms with Gasteiger partial charge in [0.1, 0.15) is 17.6 Å². The molecule has 8 heteroatoms. The Balaban J connectivity index is 1.40. The molecule has 0 saturated carbocycles. The minimum Gasteiger partial charge on any atom is -0.449 e. The molecular weight excluding hydrogens is 412 g/mol. The van der Waals surface area contributed by atoms with Crippen LogP contribution in [0.5, 0.6) is 0 Å². The monoisotopic (exact) mass is 430 g/mol. The number of pyridine rings is 1. The van der Waals surface area contributed by atoms with E-state index in [0.717, 1.165) is 22.5 Å². The van der Waals surface area contributed by atoms with Gasteiger partial charge >= 0.3 is 0 Å². The van der Waals surface area contributed by atoms with Gasteiger partial charge in [0.15, 0.2) is 5.89 Å². The third-order valence-electron chi connectivity index (χ3n) is 4.85. The molecule has 0 atom stereocenters. The average molecular weight is 430 g/mol. The molecule has 0 aliphatic rings. The lowest BCUT2D eigenvalue weighted by molar-refractivity contribution is 0.521. The van der Waals surface area contributed by atoms with Gasteiger partial charge in [0.2, 0.25) is 0 Å². The molecule has 0 amide bonds. The van der Waals surface area contributed by atoms with Crippen LogP contribution in [0.2, 0.25) is 0 Å². The van der Waals surface area contributed by atoms with E-state index < -0.39 is 10.0 Å². The highest BCUT2D eigenvalue weighted by molar-refractivity contribution is 7.92. The molecule has 0 radical (unpaired) electrons. The molecule has 1 N–H and O–H groups in total. The zero-order valence-electron chi connectivity index (χ0n) is 16.6. The van der Waals surface area contributed by atoms with Crippen LogP contribution in [-0.2, 0) is 10.0 Å². The molecule has 0 fully saturated rings. The highest BCUT2D eigenvalue weighted by atomic mass is 32.2. The third kappa shape index (κ3) is 3.80. The summed E-state index contributed by atoms with van der Waals surface area (Å²) in [5, 5.41) is 0. The lowest BCUT2D eigenvalue weighted by Crippen LogP contribution is -2.12. The predicted octanol–water partition coefficient (Wildman–Crippen LogP) is 4.77. The summed E-state index contributed by atoms with van der Waals surface area (Å²) in [6.07, 6.45) is 5.37. The molecule has 154 valence electrons. The predicted molar refractivity (Wildman–Crippen MR) is 118 cm³/mol. The first kappa shape index (κ1) is 19.1. The SMILES string of the molecule is Cc1nc(-c2ccc(S(=O)(=O)Nc3cccc(-c4cn5ccccc5n4)c3)cc2)co1. The van der Waals surface area contributed by atoms with Crippen LogP contribution in [0.15, 0.2) is 94.7 Å². The molecular formula is C23H18N4O3S. The highest BCUT2D eigenvalue weighted by Crippen LogP contribution is 2.25. The van der Waals surface area contributed by atoms with Gasteiger partial charge < -0.3 is 8.82 Å². The van der Waals surface area contributed by atoms with Gasteiger partial charge in [0, 0.05) is 36.1 Å². The number of anilines is 1. The van der Waals surface area contributed by atoms with E-state index in [0.29, 0.717) is 17.3 Å². The van der Waals surface area contributed by atoms with Gasteiger partial charge in [0.25, 0.3) is 10.0 Å². The summed E-state index contributed by atoms with van der Waals surface area (Å²) < 4.78 is 35.5. The van der Waals surface area contributed by atoms with Gasteiger partial charge in [-0.05, 0) is 36.4 Å². The summed E-state index contributed by atoms with van der Waals surface area (Å²) in [6.45, 7) is 1.76. The Morgan fingerprint density at radius 3 is 2.48 bits per heavy atom. The molecule has 2 aromatic carbocycles. The quantitative estimate of drug-likeness (QED) is 0.434. The number of sulfonamides is 1. The summed E-state index contributed by atoms with van der Waals surface area (Å²) in [4.78, 5) is 9.01. The van der Waals surface area contributed by atoms with E-state index in [1.807, 2.05) is 41.1 Å². The van der Waals surface area contributed by atoms with Crippen LogP contribution in [0.3, 0.4) is 0 Å². The van der Waals surface area contributed by atoms with Crippen molar-refractivity contribution in [3.05, 3.63) is 91.3 Å². The van der Waals surface area contributed by atoms with E-state index in [9.17, 15) is 8.42 Å². The van der Waals surface area contributed by atoms with E-state index >= 15 is 0 Å². The number of nitrogens with zero attached hydrogens (tertiary/aromatic N) is 3. The van der Waals surface area contributed by atoms with Crippen molar-refractivity contribution in [3.63, 3.8) is 0 Å². The Hall–Kier alpha value is -3.91. The first-order valence-electron chi connectivity index (χ1n) is 9.57. The van der Waals surface area contributed by atoms with Crippen molar-refractivity contribution in [1.29, 1.82) is 0 Å². The molecule has 3 aromatic heterocycles. The summed E-state index contributed by atoms with van der Waals surface area (Å²) in [5.74, 6) is 0.554. The first-order valence-corrected chi connectivity index (χ1v) is 11.1. The normalized spacial score (nSPS) is 11.6. The van der Waals surface area contributed by atoms with Gasteiger partial charge in [0.05, 0.1) is 10.6 Å². The third-order valence-corrected chi connectivity index (χ3v) is 6.25. The Labute approximate surface area is 179 Å². The zero-order valence-corrected chi connectivity index (χ0v) is 17.4. The summed E-state index contributed by atoms with van der Waals surface area (Å²) >= 11 is 0. The molecule has 0 aliphatic heterocycles. The maximum Gasteiger partial charge on any atom is 0.261 e. The fourth-order valence-electron chi connectivity index (χ4n) is 3.33. The molecule has 5 aromatic rings. The van der Waals surface area contributed by atoms with Crippen LogP contribution in [0.1, 0.15) is 5.89 Å². The molecule has 31 heavy (non-hydrogen) atoms. The molecule has 5 rings (SSSR count). The smallest absolute Gasteiger partial charge is 0.261 e. The average Bonchev–Trinajstić information content (AvgIpc) is 3.40. The van der Waals surface area contributed by atoms with Crippen molar-refractivity contribution in [1.82, 2.24) is 14.4 Å². The Bertz CT molecular complexity index is 1450. The number of nitrogens with one attached hydrogen (secondary N) is 1. The minimum absolute atomic E-state index is 0.162. The minimum atomic E-state index is -3.75. The van der Waals surface area contributed by atoms with E-state index in [4.69, 9.17) is 4.42 Å². The number of benzene rings is 2. The number of hydrogen-bond acceptors (Lipinski definition) is 5. The number of imidazole rings is 1. The molecule has 0 bridgehead atoms. The summed E-state index contributed by atoms with van der Waals surface area (Å²) in [5.41, 5.74) is 4.32. The summed E-state index contributed by atoms with van der Waals surface area (Å²) in [7, 11) is -3.75. The highest BCUT2D eigenvalue weighted by Gasteiger charge is 2.15. The lowest BCUT2D eigenvalue weighted by atomic mass is 10.1. The Morgan fingerprint density at radius 2 is 1.74 bits per heavy atom. The molecule has 0 unspecified atom stereocenters. The van der Waals surface area contributed by atoms with Crippen molar-refractivity contribution in [2.24, 2.45) is 0 Å². The van der Waals surface area contributed by atoms with E-state index in [2.05, 4.69) is 14.7 Å². The second-order valence-electron chi connectivity index (χ2n) is 7.05. The van der Waals surface area contributed by atoms with Gasteiger partial charge in [-0.3, -0.25) is 4.72 Å². The molecule has 0 aliphatic carbocycles. The number of oxazole rings is 1. The van der Waals surface area contributed by atoms with Gasteiger partial charge in [-0.15, -0.1) is 0 Å². The molecule has 7 nitrogen and oxygen atoms in total. The van der Waals surface area contributed by atoms with Gasteiger partial charge in [-0.2, -0.15) is 0 Å². The lowest BCUT2D eigenvalue weighted by Gasteiger charge is -2.09. The van der Waals surface area contributed by atoms with Crippen LogP contribution >= 0.6 is 0 Å². The fraction of sp³-hybridized carbons (Fsp3) is 0.0435. The van der Waals surface area contributed by atoms with Crippen LogP contribution in [0.4, 0.5) is 5.69 Å². The van der Waals surface area contributed by atoms with Crippen molar-refractivity contribution in [3.8, 4) is 22.5 Å². The topological polar surface area (TPSA) is 89.5 Å². The van der Waals surface area contributed by atoms with Gasteiger partial charge in [-0.25, -0.2) is 18.4 Å². The zero-order chi connectivity index (χ0) is 21.4. The first-order chi connectivity index (χ1) is 15.0. The van der Waals surface area contributed by atoms with Crippen LogP contribution < -0.4 is 4.72 Å². The van der Waals surface area contributed by atoms with E-state index in [1.54, 1.807) is 55.7 Å². The van der Waals surface area contributed by atoms with Crippen molar-refractivity contribution >= 4 is 21.4 Å².